The van der Waals surface area contributed by atoms with Gasteiger partial charge in [-0.05, 0) is 31.9 Å². The third-order valence-electron chi connectivity index (χ3n) is 3.05. The van der Waals surface area contributed by atoms with E-state index in [1.54, 1.807) is 18.2 Å². The number of nitrogens with one attached hydrogen (secondary N) is 2. The maximum absolute atomic E-state index is 12.0. The second-order valence-electron chi connectivity index (χ2n) is 4.83. The SMILES string of the molecule is CC(NC(=O)c1ccccc1C(=O)NC1CC1)C(=O)O. The number of carbonyl (C=O) groups is 3. The molecule has 6 nitrogen and oxygen atoms in total. The first-order chi connectivity index (χ1) is 9.49. The van der Waals surface area contributed by atoms with Crippen LogP contribution in [0.1, 0.15) is 40.5 Å². The van der Waals surface area contributed by atoms with Crippen LogP contribution in [-0.2, 0) is 4.79 Å². The summed E-state index contributed by atoms with van der Waals surface area (Å²) in [7, 11) is 0. The van der Waals surface area contributed by atoms with Crippen molar-refractivity contribution in [1.29, 1.82) is 0 Å². The molecule has 0 saturated heterocycles. The van der Waals surface area contributed by atoms with Gasteiger partial charge in [0.25, 0.3) is 11.8 Å². The zero-order chi connectivity index (χ0) is 14.7. The van der Waals surface area contributed by atoms with Crippen molar-refractivity contribution in [3.05, 3.63) is 35.4 Å². The van der Waals surface area contributed by atoms with Crippen LogP contribution in [0.3, 0.4) is 0 Å². The van der Waals surface area contributed by atoms with Gasteiger partial charge in [-0.25, -0.2) is 0 Å². The summed E-state index contributed by atoms with van der Waals surface area (Å²) < 4.78 is 0. The van der Waals surface area contributed by atoms with E-state index < -0.39 is 17.9 Å². The number of hydrogen-bond donors (Lipinski definition) is 3. The van der Waals surface area contributed by atoms with Crippen LogP contribution in [0.4, 0.5) is 0 Å². The first kappa shape index (κ1) is 14.0. The maximum atomic E-state index is 12.0. The molecule has 1 aliphatic rings. The Labute approximate surface area is 116 Å². The van der Waals surface area contributed by atoms with E-state index in [0.717, 1.165) is 12.8 Å². The van der Waals surface area contributed by atoms with Crippen molar-refractivity contribution >= 4 is 17.8 Å². The van der Waals surface area contributed by atoms with E-state index >= 15 is 0 Å². The van der Waals surface area contributed by atoms with Gasteiger partial charge in [0.15, 0.2) is 0 Å². The van der Waals surface area contributed by atoms with Crippen LogP contribution < -0.4 is 10.6 Å². The Hall–Kier alpha value is -2.37. The Balaban J connectivity index is 2.15. The molecular formula is C14H16N2O4. The molecule has 1 aliphatic carbocycles. The van der Waals surface area contributed by atoms with Crippen LogP contribution in [0.25, 0.3) is 0 Å². The number of amides is 2. The van der Waals surface area contributed by atoms with Crippen molar-refractivity contribution in [1.82, 2.24) is 10.6 Å². The lowest BCUT2D eigenvalue weighted by Gasteiger charge is -2.12. The van der Waals surface area contributed by atoms with E-state index in [9.17, 15) is 14.4 Å². The summed E-state index contributed by atoms with van der Waals surface area (Å²) in [6, 6.07) is 5.54. The van der Waals surface area contributed by atoms with Crippen molar-refractivity contribution in [2.45, 2.75) is 31.8 Å². The maximum Gasteiger partial charge on any atom is 0.325 e. The van der Waals surface area contributed by atoms with Gasteiger partial charge in [0.2, 0.25) is 0 Å². The van der Waals surface area contributed by atoms with Gasteiger partial charge in [-0.15, -0.1) is 0 Å². The predicted molar refractivity (Wildman–Crippen MR) is 71.5 cm³/mol. The van der Waals surface area contributed by atoms with E-state index in [1.807, 2.05) is 0 Å². The van der Waals surface area contributed by atoms with E-state index in [2.05, 4.69) is 10.6 Å². The summed E-state index contributed by atoms with van der Waals surface area (Å²) in [6.07, 6.45) is 1.91. The van der Waals surface area contributed by atoms with Gasteiger partial charge in [0.1, 0.15) is 6.04 Å². The zero-order valence-electron chi connectivity index (χ0n) is 11.1. The van der Waals surface area contributed by atoms with Crippen molar-refractivity contribution in [3.63, 3.8) is 0 Å². The Morgan fingerprint density at radius 1 is 1.15 bits per heavy atom. The summed E-state index contributed by atoms with van der Waals surface area (Å²) in [5, 5.41) is 13.9. The van der Waals surface area contributed by atoms with Gasteiger partial charge in [0, 0.05) is 6.04 Å². The van der Waals surface area contributed by atoms with Crippen molar-refractivity contribution in [2.24, 2.45) is 0 Å². The van der Waals surface area contributed by atoms with Crippen LogP contribution in [0.15, 0.2) is 24.3 Å². The molecule has 0 spiro atoms. The highest BCUT2D eigenvalue weighted by atomic mass is 16.4. The summed E-state index contributed by atoms with van der Waals surface area (Å²) in [5.41, 5.74) is 0.438. The summed E-state index contributed by atoms with van der Waals surface area (Å²) >= 11 is 0. The monoisotopic (exact) mass is 276 g/mol. The quantitative estimate of drug-likeness (QED) is 0.740. The molecule has 2 amide bonds. The molecule has 1 saturated carbocycles. The van der Waals surface area contributed by atoms with Gasteiger partial charge in [0.05, 0.1) is 11.1 Å². The van der Waals surface area contributed by atoms with Crippen LogP contribution in [-0.4, -0.2) is 35.0 Å². The number of aliphatic carboxylic acids is 1. The molecule has 20 heavy (non-hydrogen) atoms. The fourth-order valence-electron chi connectivity index (χ4n) is 1.71. The fourth-order valence-corrected chi connectivity index (χ4v) is 1.71. The molecule has 0 aromatic heterocycles. The average Bonchev–Trinajstić information content (AvgIpc) is 3.22. The summed E-state index contributed by atoms with van der Waals surface area (Å²) in [5.74, 6) is -2.00. The Morgan fingerprint density at radius 3 is 2.20 bits per heavy atom. The Bertz CT molecular complexity index is 552. The molecule has 1 fully saturated rings. The first-order valence-electron chi connectivity index (χ1n) is 6.42. The smallest absolute Gasteiger partial charge is 0.325 e. The van der Waals surface area contributed by atoms with E-state index in [1.165, 1.54) is 13.0 Å². The lowest BCUT2D eigenvalue weighted by Crippen LogP contribution is -2.39. The van der Waals surface area contributed by atoms with Crippen molar-refractivity contribution in [2.75, 3.05) is 0 Å². The molecular weight excluding hydrogens is 260 g/mol. The molecule has 3 N–H and O–H groups in total. The molecule has 1 unspecified atom stereocenters. The molecule has 0 radical (unpaired) electrons. The molecule has 106 valence electrons. The lowest BCUT2D eigenvalue weighted by atomic mass is 10.1. The minimum Gasteiger partial charge on any atom is -0.480 e. The molecule has 0 heterocycles. The fraction of sp³-hybridized carbons (Fsp3) is 0.357. The third-order valence-corrected chi connectivity index (χ3v) is 3.05. The Kier molecular flexibility index (Phi) is 4.02. The molecule has 1 aromatic carbocycles. The van der Waals surface area contributed by atoms with Crippen molar-refractivity contribution < 1.29 is 19.5 Å². The van der Waals surface area contributed by atoms with E-state index in [4.69, 9.17) is 5.11 Å². The minimum atomic E-state index is -1.13. The normalized spacial score (nSPS) is 15.2. The number of carboxylic acid groups (broad SMARTS) is 1. The van der Waals surface area contributed by atoms with Gasteiger partial charge < -0.3 is 15.7 Å². The number of carboxylic acids is 1. The van der Waals surface area contributed by atoms with Crippen LogP contribution in [0.2, 0.25) is 0 Å². The predicted octanol–water partition coefficient (Wildman–Crippen LogP) is 0.782. The second kappa shape index (κ2) is 5.73. The van der Waals surface area contributed by atoms with Crippen LogP contribution >= 0.6 is 0 Å². The average molecular weight is 276 g/mol. The highest BCUT2D eigenvalue weighted by Crippen LogP contribution is 2.20. The number of carbonyl (C=O) groups excluding carboxylic acids is 2. The van der Waals surface area contributed by atoms with Crippen LogP contribution in [0, 0.1) is 0 Å². The topological polar surface area (TPSA) is 95.5 Å². The second-order valence-corrected chi connectivity index (χ2v) is 4.83. The molecule has 0 bridgehead atoms. The highest BCUT2D eigenvalue weighted by molar-refractivity contribution is 6.08. The number of rotatable bonds is 5. The van der Waals surface area contributed by atoms with Gasteiger partial charge in [-0.1, -0.05) is 12.1 Å². The van der Waals surface area contributed by atoms with Gasteiger partial charge in [-0.3, -0.25) is 14.4 Å². The summed E-state index contributed by atoms with van der Waals surface area (Å²) in [4.78, 5) is 34.8. The van der Waals surface area contributed by atoms with Crippen molar-refractivity contribution in [3.8, 4) is 0 Å². The zero-order valence-corrected chi connectivity index (χ0v) is 11.1. The Morgan fingerprint density at radius 2 is 1.70 bits per heavy atom. The number of benzene rings is 1. The highest BCUT2D eigenvalue weighted by Gasteiger charge is 2.26. The first-order valence-corrected chi connectivity index (χ1v) is 6.42. The molecule has 1 atom stereocenters. The lowest BCUT2D eigenvalue weighted by molar-refractivity contribution is -0.138. The van der Waals surface area contributed by atoms with E-state index in [0.29, 0.717) is 0 Å². The van der Waals surface area contributed by atoms with Crippen LogP contribution in [0.5, 0.6) is 0 Å². The molecule has 6 heteroatoms. The number of hydrogen-bond acceptors (Lipinski definition) is 3. The molecule has 1 aromatic rings. The van der Waals surface area contributed by atoms with E-state index in [-0.39, 0.29) is 23.1 Å². The summed E-state index contributed by atoms with van der Waals surface area (Å²) in [6.45, 7) is 1.37. The third kappa shape index (κ3) is 3.34. The van der Waals surface area contributed by atoms with Gasteiger partial charge >= 0.3 is 5.97 Å². The molecule has 2 rings (SSSR count). The largest absolute Gasteiger partial charge is 0.480 e. The minimum absolute atomic E-state index is 0.179. The standard InChI is InChI=1S/C14H16N2O4/c1-8(14(19)20)15-12(17)10-4-2-3-5-11(10)13(18)16-9-6-7-9/h2-5,8-9H,6-7H2,1H3,(H,15,17)(H,16,18)(H,19,20). The van der Waals surface area contributed by atoms with Gasteiger partial charge in [-0.2, -0.15) is 0 Å². The molecule has 0 aliphatic heterocycles.